The molecule has 0 N–H and O–H groups in total. The van der Waals surface area contributed by atoms with Gasteiger partial charge in [-0.25, -0.2) is 8.42 Å². The molecule has 0 saturated carbocycles. The maximum atomic E-state index is 11.5. The quantitative estimate of drug-likeness (QED) is 0.522. The van der Waals surface area contributed by atoms with Crippen molar-refractivity contribution in [2.45, 2.75) is 31.9 Å². The van der Waals surface area contributed by atoms with Crippen molar-refractivity contribution in [1.82, 2.24) is 0 Å². The van der Waals surface area contributed by atoms with Crippen LogP contribution in [0.1, 0.15) is 25.7 Å². The van der Waals surface area contributed by atoms with Gasteiger partial charge < -0.3 is 4.55 Å². The van der Waals surface area contributed by atoms with Crippen LogP contribution in [0.5, 0.6) is 0 Å². The van der Waals surface area contributed by atoms with Crippen LogP contribution in [0.25, 0.3) is 0 Å². The molecule has 0 aromatic rings. The molecule has 0 rings (SSSR count). The number of alkyl halides is 3. The molecular formula is C6H10F3O3S-. The molecular weight excluding hydrogens is 209 g/mol. The highest BCUT2D eigenvalue weighted by atomic mass is 32.2. The maximum Gasteiger partial charge on any atom is 0.389 e. The fourth-order valence-electron chi connectivity index (χ4n) is 0.781. The summed E-state index contributed by atoms with van der Waals surface area (Å²) in [5.74, 6) is -0.579. The van der Waals surface area contributed by atoms with Gasteiger partial charge in [-0.2, -0.15) is 13.2 Å². The molecule has 0 aromatic carbocycles. The Kier molecular flexibility index (Phi) is 4.69. The van der Waals surface area contributed by atoms with Crippen LogP contribution in [0.3, 0.4) is 0 Å². The van der Waals surface area contributed by atoms with Crippen LogP contribution in [0.4, 0.5) is 13.2 Å². The zero-order valence-electron chi connectivity index (χ0n) is 6.80. The highest BCUT2D eigenvalue weighted by molar-refractivity contribution is 7.85. The monoisotopic (exact) mass is 219 g/mol. The Balaban J connectivity index is 3.39. The topological polar surface area (TPSA) is 57.2 Å². The third-order valence-electron chi connectivity index (χ3n) is 1.35. The lowest BCUT2D eigenvalue weighted by Gasteiger charge is -2.07. The Hall–Kier alpha value is -0.300. The van der Waals surface area contributed by atoms with Crippen LogP contribution in [0.15, 0.2) is 0 Å². The molecule has 0 fully saturated rings. The summed E-state index contributed by atoms with van der Waals surface area (Å²) in [6.07, 6.45) is -5.13. The third kappa shape index (κ3) is 11.7. The van der Waals surface area contributed by atoms with E-state index in [9.17, 15) is 26.1 Å². The molecule has 3 nitrogen and oxygen atoms in total. The molecule has 0 radical (unpaired) electrons. The molecule has 13 heavy (non-hydrogen) atoms. The molecule has 0 unspecified atom stereocenters. The van der Waals surface area contributed by atoms with Gasteiger partial charge in [0.05, 0.1) is 10.1 Å². The minimum atomic E-state index is -4.27. The van der Waals surface area contributed by atoms with Crippen LogP contribution in [0.2, 0.25) is 0 Å². The Labute approximate surface area is 74.7 Å². The minimum absolute atomic E-state index is 0.00190. The summed E-state index contributed by atoms with van der Waals surface area (Å²) >= 11 is 0. The summed E-state index contributed by atoms with van der Waals surface area (Å²) in [6, 6.07) is 0. The smallest absolute Gasteiger partial charge is 0.389 e. The molecule has 80 valence electrons. The molecule has 0 aliphatic heterocycles. The van der Waals surface area contributed by atoms with Crippen LogP contribution in [-0.2, 0) is 10.1 Å². The SMILES string of the molecule is O=S(=O)([O-])CCCCCC(F)(F)F. The second-order valence-electron chi connectivity index (χ2n) is 2.69. The van der Waals surface area contributed by atoms with Gasteiger partial charge in [-0.1, -0.05) is 6.42 Å². The van der Waals surface area contributed by atoms with E-state index in [4.69, 9.17) is 0 Å². The highest BCUT2D eigenvalue weighted by Gasteiger charge is 2.25. The Morgan fingerprint density at radius 3 is 2.00 bits per heavy atom. The molecule has 0 amide bonds. The number of halogens is 3. The first-order valence-corrected chi connectivity index (χ1v) is 5.29. The van der Waals surface area contributed by atoms with Gasteiger partial charge in [0.2, 0.25) is 0 Å². The van der Waals surface area contributed by atoms with Gasteiger partial charge in [0, 0.05) is 12.2 Å². The normalized spacial score (nSPS) is 13.2. The first-order chi connectivity index (χ1) is 5.71. The van der Waals surface area contributed by atoms with Gasteiger partial charge in [-0.3, -0.25) is 0 Å². The van der Waals surface area contributed by atoms with Gasteiger partial charge >= 0.3 is 6.18 Å². The predicted octanol–water partition coefficient (Wildman–Crippen LogP) is 1.65. The van der Waals surface area contributed by atoms with E-state index >= 15 is 0 Å². The summed E-state index contributed by atoms with van der Waals surface area (Å²) < 4.78 is 64.7. The van der Waals surface area contributed by atoms with Crippen LogP contribution in [0, 0.1) is 0 Å². The fraction of sp³-hybridized carbons (Fsp3) is 1.00. The maximum absolute atomic E-state index is 11.5. The largest absolute Gasteiger partial charge is 0.748 e. The molecule has 0 aromatic heterocycles. The number of hydrogen-bond acceptors (Lipinski definition) is 3. The van der Waals surface area contributed by atoms with Crippen molar-refractivity contribution >= 4 is 10.1 Å². The van der Waals surface area contributed by atoms with Crippen LogP contribution >= 0.6 is 0 Å². The third-order valence-corrected chi connectivity index (χ3v) is 2.14. The van der Waals surface area contributed by atoms with E-state index in [2.05, 4.69) is 0 Å². The Morgan fingerprint density at radius 1 is 1.08 bits per heavy atom. The fourth-order valence-corrected chi connectivity index (χ4v) is 1.34. The van der Waals surface area contributed by atoms with Crippen molar-refractivity contribution in [3.8, 4) is 0 Å². The lowest BCUT2D eigenvalue weighted by atomic mass is 10.2. The second kappa shape index (κ2) is 4.80. The predicted molar refractivity (Wildman–Crippen MR) is 39.1 cm³/mol. The van der Waals surface area contributed by atoms with Crippen molar-refractivity contribution in [3.05, 3.63) is 0 Å². The highest BCUT2D eigenvalue weighted by Crippen LogP contribution is 2.22. The van der Waals surface area contributed by atoms with E-state index in [0.29, 0.717) is 0 Å². The zero-order chi connectivity index (χ0) is 10.5. The van der Waals surface area contributed by atoms with Crippen molar-refractivity contribution in [2.75, 3.05) is 5.75 Å². The van der Waals surface area contributed by atoms with E-state index in [-0.39, 0.29) is 19.3 Å². The lowest BCUT2D eigenvalue weighted by Crippen LogP contribution is -2.08. The van der Waals surface area contributed by atoms with E-state index in [1.807, 2.05) is 0 Å². The number of rotatable bonds is 5. The van der Waals surface area contributed by atoms with Crippen molar-refractivity contribution in [2.24, 2.45) is 0 Å². The molecule has 0 spiro atoms. The first-order valence-electron chi connectivity index (χ1n) is 3.71. The van der Waals surface area contributed by atoms with E-state index in [1.165, 1.54) is 0 Å². The molecule has 0 atom stereocenters. The molecule has 0 aliphatic carbocycles. The zero-order valence-corrected chi connectivity index (χ0v) is 7.62. The molecule has 7 heteroatoms. The van der Waals surface area contributed by atoms with E-state index < -0.39 is 28.5 Å². The second-order valence-corrected chi connectivity index (χ2v) is 4.21. The van der Waals surface area contributed by atoms with Crippen LogP contribution < -0.4 is 0 Å². The molecule has 0 heterocycles. The average molecular weight is 219 g/mol. The lowest BCUT2D eigenvalue weighted by molar-refractivity contribution is -0.135. The number of unbranched alkanes of at least 4 members (excludes halogenated alkanes) is 2. The Morgan fingerprint density at radius 2 is 1.62 bits per heavy atom. The summed E-state index contributed by atoms with van der Waals surface area (Å²) in [6.45, 7) is 0. The van der Waals surface area contributed by atoms with Crippen molar-refractivity contribution in [1.29, 1.82) is 0 Å². The average Bonchev–Trinajstić information content (AvgIpc) is 1.81. The molecule has 0 aliphatic rings. The van der Waals surface area contributed by atoms with Gasteiger partial charge in [-0.05, 0) is 12.8 Å². The minimum Gasteiger partial charge on any atom is -0.748 e. The molecule has 0 saturated heterocycles. The standard InChI is InChI=1S/C6H11F3O3S/c7-6(8,9)4-2-1-3-5-13(10,11)12/h1-5H2,(H,10,11,12)/p-1. The van der Waals surface area contributed by atoms with Crippen molar-refractivity contribution in [3.63, 3.8) is 0 Å². The van der Waals surface area contributed by atoms with Gasteiger partial charge in [0.1, 0.15) is 0 Å². The van der Waals surface area contributed by atoms with E-state index in [1.54, 1.807) is 0 Å². The Bertz CT molecular complexity index is 232. The van der Waals surface area contributed by atoms with Gasteiger partial charge in [0.15, 0.2) is 0 Å². The molecule has 0 bridgehead atoms. The van der Waals surface area contributed by atoms with Crippen molar-refractivity contribution < 1.29 is 26.1 Å². The van der Waals surface area contributed by atoms with Crippen LogP contribution in [-0.4, -0.2) is 24.9 Å². The summed E-state index contributed by atoms with van der Waals surface area (Å²) in [5.41, 5.74) is 0. The van der Waals surface area contributed by atoms with E-state index in [0.717, 1.165) is 0 Å². The van der Waals surface area contributed by atoms with Gasteiger partial charge in [0.25, 0.3) is 0 Å². The summed E-state index contributed by atoms with van der Waals surface area (Å²) in [7, 11) is -4.27. The van der Waals surface area contributed by atoms with Gasteiger partial charge in [-0.15, -0.1) is 0 Å². The summed E-state index contributed by atoms with van der Waals surface area (Å²) in [4.78, 5) is 0. The summed E-state index contributed by atoms with van der Waals surface area (Å²) in [5, 5.41) is 0. The number of hydrogen-bond donors (Lipinski definition) is 0. The first kappa shape index (κ1) is 12.7.